The number of fused-ring (bicyclic) bond motifs is 1. The zero-order chi connectivity index (χ0) is 19.1. The van der Waals surface area contributed by atoms with Gasteiger partial charge in [0.15, 0.2) is 0 Å². The molecule has 0 bridgehead atoms. The number of rotatable bonds is 3. The molecule has 144 valence electrons. The van der Waals surface area contributed by atoms with E-state index in [-0.39, 0.29) is 5.91 Å². The van der Waals surface area contributed by atoms with Gasteiger partial charge in [0.2, 0.25) is 5.91 Å². The minimum Gasteiger partial charge on any atom is -0.475 e. The average molecular weight is 374 g/mol. The molecule has 3 fully saturated rings. The maximum atomic E-state index is 12.3. The summed E-state index contributed by atoms with van der Waals surface area (Å²) in [4.78, 5) is 25.7. The molecule has 0 radical (unpaired) electrons. The van der Waals surface area contributed by atoms with Crippen molar-refractivity contribution in [1.82, 2.24) is 14.7 Å². The number of aryl methyl sites for hydroxylation is 1. The first kappa shape index (κ1) is 18.7. The van der Waals surface area contributed by atoms with Crippen LogP contribution < -0.4 is 4.90 Å². The summed E-state index contributed by atoms with van der Waals surface area (Å²) in [6, 6.07) is 0.809. The number of likely N-dealkylation sites (tertiary alicyclic amines) is 1. The van der Waals surface area contributed by atoms with E-state index in [1.807, 2.05) is 24.3 Å². The minimum absolute atomic E-state index is 0.267. The molecule has 7 nitrogen and oxygen atoms in total. The van der Waals surface area contributed by atoms with Crippen LogP contribution in [0, 0.1) is 5.92 Å². The Balaban J connectivity index is 0.000000242. The van der Waals surface area contributed by atoms with Crippen LogP contribution >= 0.6 is 0 Å². The van der Waals surface area contributed by atoms with Crippen molar-refractivity contribution in [2.45, 2.75) is 43.9 Å². The third kappa shape index (κ3) is 4.00. The van der Waals surface area contributed by atoms with Crippen LogP contribution in [-0.2, 0) is 16.6 Å². The van der Waals surface area contributed by atoms with Crippen molar-refractivity contribution in [3.05, 3.63) is 12.4 Å². The van der Waals surface area contributed by atoms with E-state index in [1.165, 1.54) is 19.4 Å². The summed E-state index contributed by atoms with van der Waals surface area (Å²) >= 11 is 0. The largest absolute Gasteiger partial charge is 0.490 e. The topological polar surface area (TPSA) is 78.7 Å². The Labute approximate surface area is 148 Å². The Kier molecular flexibility index (Phi) is 4.96. The van der Waals surface area contributed by atoms with Crippen molar-refractivity contribution in [3.8, 4) is 0 Å². The van der Waals surface area contributed by atoms with Crippen molar-refractivity contribution in [1.29, 1.82) is 0 Å². The van der Waals surface area contributed by atoms with Crippen LogP contribution in [0.1, 0.15) is 25.7 Å². The van der Waals surface area contributed by atoms with Crippen LogP contribution in [0.4, 0.5) is 18.9 Å². The van der Waals surface area contributed by atoms with Crippen molar-refractivity contribution in [2.75, 3.05) is 18.0 Å². The van der Waals surface area contributed by atoms with Gasteiger partial charge in [-0.1, -0.05) is 0 Å². The normalized spacial score (nSPS) is 25.8. The first-order valence-electron chi connectivity index (χ1n) is 8.51. The minimum atomic E-state index is -5.08. The molecule has 0 unspecified atom stereocenters. The fourth-order valence-electron chi connectivity index (χ4n) is 3.66. The molecular weight excluding hydrogens is 353 g/mol. The Morgan fingerprint density at radius 2 is 1.96 bits per heavy atom. The van der Waals surface area contributed by atoms with Crippen LogP contribution in [0.3, 0.4) is 0 Å². The van der Waals surface area contributed by atoms with Gasteiger partial charge in [-0.15, -0.1) is 0 Å². The van der Waals surface area contributed by atoms with E-state index in [1.54, 1.807) is 4.68 Å². The molecule has 0 aromatic carbocycles. The molecule has 26 heavy (non-hydrogen) atoms. The van der Waals surface area contributed by atoms with Gasteiger partial charge in [-0.2, -0.15) is 18.3 Å². The smallest absolute Gasteiger partial charge is 0.475 e. The van der Waals surface area contributed by atoms with E-state index < -0.39 is 12.1 Å². The number of alkyl halides is 3. The number of carbonyl (C=O) groups excluding carboxylic acids is 1. The third-order valence-electron chi connectivity index (χ3n) is 5.01. The number of nitrogens with zero attached hydrogens (tertiary/aromatic N) is 4. The summed E-state index contributed by atoms with van der Waals surface area (Å²) in [6.07, 6.45) is 3.24. The van der Waals surface area contributed by atoms with Gasteiger partial charge in [-0.05, 0) is 25.2 Å². The maximum Gasteiger partial charge on any atom is 0.490 e. The van der Waals surface area contributed by atoms with Crippen LogP contribution in [0.15, 0.2) is 12.4 Å². The summed E-state index contributed by atoms with van der Waals surface area (Å²) in [5, 5.41) is 11.3. The molecule has 1 amide bonds. The molecule has 0 spiro atoms. The second-order valence-electron chi connectivity index (χ2n) is 7.00. The van der Waals surface area contributed by atoms with Crippen molar-refractivity contribution < 1.29 is 27.9 Å². The lowest BCUT2D eigenvalue weighted by Gasteiger charge is -2.24. The highest BCUT2D eigenvalue weighted by Gasteiger charge is 2.48. The van der Waals surface area contributed by atoms with Crippen molar-refractivity contribution in [3.63, 3.8) is 0 Å². The third-order valence-corrected chi connectivity index (χ3v) is 5.01. The molecular formula is C16H21F3N4O3. The van der Waals surface area contributed by atoms with E-state index in [0.717, 1.165) is 24.6 Å². The predicted octanol–water partition coefficient (Wildman–Crippen LogP) is 1.64. The number of aliphatic carboxylic acids is 1. The van der Waals surface area contributed by atoms with E-state index in [0.29, 0.717) is 18.5 Å². The van der Waals surface area contributed by atoms with Crippen molar-refractivity contribution in [2.24, 2.45) is 13.0 Å². The first-order chi connectivity index (χ1) is 12.2. The Bertz CT molecular complexity index is 687. The Morgan fingerprint density at radius 3 is 2.46 bits per heavy atom. The zero-order valence-corrected chi connectivity index (χ0v) is 14.3. The molecule has 4 rings (SSSR count). The van der Waals surface area contributed by atoms with E-state index >= 15 is 0 Å². The summed E-state index contributed by atoms with van der Waals surface area (Å²) in [7, 11) is 1.90. The fraction of sp³-hybridized carbons (Fsp3) is 0.688. The van der Waals surface area contributed by atoms with Crippen LogP contribution in [0.25, 0.3) is 0 Å². The molecule has 3 aliphatic rings. The number of hydrogen-bond acceptors (Lipinski definition) is 4. The molecule has 2 atom stereocenters. The van der Waals surface area contributed by atoms with Gasteiger partial charge >= 0.3 is 12.1 Å². The van der Waals surface area contributed by atoms with Crippen LogP contribution in [-0.4, -0.2) is 63.0 Å². The molecule has 1 aliphatic carbocycles. The first-order valence-corrected chi connectivity index (χ1v) is 8.51. The van der Waals surface area contributed by atoms with Gasteiger partial charge in [-0.25, -0.2) is 4.79 Å². The summed E-state index contributed by atoms with van der Waals surface area (Å²) in [5.41, 5.74) is 0.966. The van der Waals surface area contributed by atoms with Gasteiger partial charge in [0.05, 0.1) is 17.9 Å². The van der Waals surface area contributed by atoms with Crippen LogP contribution in [0.2, 0.25) is 0 Å². The second-order valence-corrected chi connectivity index (χ2v) is 7.00. The van der Waals surface area contributed by atoms with Gasteiger partial charge in [0, 0.05) is 38.8 Å². The molecule has 1 N–H and O–H groups in total. The molecule has 1 saturated carbocycles. The number of halogens is 3. The lowest BCUT2D eigenvalue weighted by Crippen LogP contribution is -2.37. The number of amides is 1. The number of aromatic nitrogens is 2. The van der Waals surface area contributed by atoms with Crippen LogP contribution in [0.5, 0.6) is 0 Å². The van der Waals surface area contributed by atoms with Crippen molar-refractivity contribution >= 4 is 17.6 Å². The summed E-state index contributed by atoms with van der Waals surface area (Å²) in [6.45, 7) is 2.35. The highest BCUT2D eigenvalue weighted by molar-refractivity contribution is 5.97. The predicted molar refractivity (Wildman–Crippen MR) is 85.5 cm³/mol. The molecule has 10 heteroatoms. The summed E-state index contributed by atoms with van der Waals surface area (Å²) in [5.74, 6) is -1.59. The average Bonchev–Trinajstić information content (AvgIpc) is 2.99. The molecule has 1 aromatic heterocycles. The van der Waals surface area contributed by atoms with Gasteiger partial charge in [-0.3, -0.25) is 14.4 Å². The maximum absolute atomic E-state index is 12.3. The zero-order valence-electron chi connectivity index (χ0n) is 14.3. The number of anilines is 1. The SMILES string of the molecule is Cn1cc(N2C(=O)C[C@H]3[C@H]2CCN3CC2CC2)cn1.O=C(O)C(F)(F)F. The Hall–Kier alpha value is -2.10. The lowest BCUT2D eigenvalue weighted by molar-refractivity contribution is -0.192. The number of carboxylic acid groups (broad SMARTS) is 1. The van der Waals surface area contributed by atoms with E-state index in [2.05, 4.69) is 10.00 Å². The number of hydrogen-bond donors (Lipinski definition) is 1. The summed E-state index contributed by atoms with van der Waals surface area (Å²) < 4.78 is 33.5. The molecule has 1 aromatic rings. The number of carbonyl (C=O) groups is 2. The molecule has 3 heterocycles. The molecule has 2 saturated heterocycles. The monoisotopic (exact) mass is 374 g/mol. The Morgan fingerprint density at radius 1 is 1.31 bits per heavy atom. The fourth-order valence-corrected chi connectivity index (χ4v) is 3.66. The van der Waals surface area contributed by atoms with Gasteiger partial charge < -0.3 is 10.0 Å². The standard InChI is InChI=1S/C14H20N4O.C2HF3O2/c1-16-9-11(7-15-16)18-12-4-5-17(8-10-2-3-10)13(12)6-14(18)19;3-2(4,5)1(6)7/h7,9-10,12-13H,2-6,8H2,1H3;(H,6,7)/t12-,13+;/m1./s1. The number of carboxylic acids is 1. The lowest BCUT2D eigenvalue weighted by atomic mass is 10.1. The van der Waals surface area contributed by atoms with E-state index in [9.17, 15) is 18.0 Å². The highest BCUT2D eigenvalue weighted by atomic mass is 19.4. The highest BCUT2D eigenvalue weighted by Crippen LogP contribution is 2.38. The quantitative estimate of drug-likeness (QED) is 0.870. The van der Waals surface area contributed by atoms with E-state index in [4.69, 9.17) is 9.90 Å². The second kappa shape index (κ2) is 6.90. The van der Waals surface area contributed by atoms with Gasteiger partial charge in [0.1, 0.15) is 0 Å². The van der Waals surface area contributed by atoms with Gasteiger partial charge in [0.25, 0.3) is 0 Å². The molecule has 2 aliphatic heterocycles.